The fourth-order valence-electron chi connectivity index (χ4n) is 2.13. The highest BCUT2D eigenvalue weighted by molar-refractivity contribution is 9.10. The molecule has 3 heterocycles. The van der Waals surface area contributed by atoms with E-state index in [0.717, 1.165) is 15.6 Å². The maximum atomic E-state index is 4.70. The van der Waals surface area contributed by atoms with E-state index in [-0.39, 0.29) is 0 Å². The number of rotatable bonds is 0. The number of hydrogen-bond acceptors (Lipinski definition) is 2. The smallest absolute Gasteiger partial charge is 0.138 e. The van der Waals surface area contributed by atoms with Gasteiger partial charge in [0, 0.05) is 20.8 Å². The van der Waals surface area contributed by atoms with E-state index < -0.39 is 0 Å². The minimum Gasteiger partial charge on any atom is -0.290 e. The van der Waals surface area contributed by atoms with Crippen LogP contribution in [0.1, 0.15) is 0 Å². The summed E-state index contributed by atoms with van der Waals surface area (Å²) in [6.07, 6.45) is 2.07. The summed E-state index contributed by atoms with van der Waals surface area (Å²) < 4.78 is 4.51. The maximum absolute atomic E-state index is 4.70. The van der Waals surface area contributed by atoms with Gasteiger partial charge in [-0.05, 0) is 34.1 Å². The molecule has 4 aromatic rings. The lowest BCUT2D eigenvalue weighted by atomic mass is 10.2. The molecule has 0 fully saturated rings. The SMILES string of the molecule is Brc1ccc2nc3c4ccccc4sc3n2c1. The number of hydrogen-bond donors (Lipinski definition) is 0. The van der Waals surface area contributed by atoms with Crippen molar-refractivity contribution in [3.05, 3.63) is 47.1 Å². The average Bonchev–Trinajstić information content (AvgIpc) is 2.85. The standard InChI is InChI=1S/C13H7BrN2S/c14-8-5-6-11-15-12-9-3-1-2-4-10(9)17-13(12)16(11)7-8/h1-7H. The Hall–Kier alpha value is -1.39. The average molecular weight is 303 g/mol. The van der Waals surface area contributed by atoms with Gasteiger partial charge in [-0.1, -0.05) is 18.2 Å². The van der Waals surface area contributed by atoms with Crippen LogP contribution in [0.15, 0.2) is 47.1 Å². The van der Waals surface area contributed by atoms with E-state index in [2.05, 4.69) is 50.8 Å². The fourth-order valence-corrected chi connectivity index (χ4v) is 3.59. The molecule has 82 valence electrons. The molecule has 0 aliphatic heterocycles. The molecule has 0 radical (unpaired) electrons. The highest BCUT2D eigenvalue weighted by atomic mass is 79.9. The summed E-state index contributed by atoms with van der Waals surface area (Å²) >= 11 is 5.29. The predicted octanol–water partition coefficient (Wildman–Crippen LogP) is 4.46. The number of imidazole rings is 1. The summed E-state index contributed by atoms with van der Waals surface area (Å²) in [5.41, 5.74) is 2.10. The van der Waals surface area contributed by atoms with Crippen molar-refractivity contribution in [2.24, 2.45) is 0 Å². The molecule has 0 atom stereocenters. The molecule has 3 aromatic heterocycles. The van der Waals surface area contributed by atoms with Crippen LogP contribution < -0.4 is 0 Å². The van der Waals surface area contributed by atoms with Gasteiger partial charge < -0.3 is 0 Å². The number of halogens is 1. The monoisotopic (exact) mass is 302 g/mol. The highest BCUT2D eigenvalue weighted by Crippen LogP contribution is 2.34. The fraction of sp³-hybridized carbons (Fsp3) is 0. The number of pyridine rings is 1. The van der Waals surface area contributed by atoms with Crippen molar-refractivity contribution in [1.29, 1.82) is 0 Å². The van der Waals surface area contributed by atoms with Crippen molar-refractivity contribution < 1.29 is 0 Å². The molecule has 0 saturated heterocycles. The third kappa shape index (κ3) is 1.28. The van der Waals surface area contributed by atoms with Crippen molar-refractivity contribution in [2.75, 3.05) is 0 Å². The number of thiophene rings is 1. The van der Waals surface area contributed by atoms with E-state index in [9.17, 15) is 0 Å². The van der Waals surface area contributed by atoms with Gasteiger partial charge in [-0.15, -0.1) is 11.3 Å². The Labute approximate surface area is 110 Å². The minimum absolute atomic E-state index is 1.00. The quantitative estimate of drug-likeness (QED) is 0.468. The Bertz CT molecular complexity index is 860. The molecule has 4 heteroatoms. The van der Waals surface area contributed by atoms with Crippen LogP contribution in [0.4, 0.5) is 0 Å². The molecule has 4 rings (SSSR count). The van der Waals surface area contributed by atoms with Gasteiger partial charge in [0.2, 0.25) is 0 Å². The first-order chi connectivity index (χ1) is 8.33. The Kier molecular flexibility index (Phi) is 1.87. The molecule has 0 unspecified atom stereocenters. The van der Waals surface area contributed by atoms with Gasteiger partial charge in [0.1, 0.15) is 16.0 Å². The molecular weight excluding hydrogens is 296 g/mol. The van der Waals surface area contributed by atoms with E-state index in [4.69, 9.17) is 4.98 Å². The summed E-state index contributed by atoms with van der Waals surface area (Å²) in [6, 6.07) is 12.5. The lowest BCUT2D eigenvalue weighted by Crippen LogP contribution is -1.81. The van der Waals surface area contributed by atoms with E-state index in [1.54, 1.807) is 11.3 Å². The number of nitrogens with zero attached hydrogens (tertiary/aromatic N) is 2. The summed E-state index contributed by atoms with van der Waals surface area (Å²) in [5, 5.41) is 1.24. The first-order valence-corrected chi connectivity index (χ1v) is 6.89. The Morgan fingerprint density at radius 1 is 1.12 bits per heavy atom. The first kappa shape index (κ1) is 9.62. The molecular formula is C13H7BrN2S. The zero-order valence-corrected chi connectivity index (χ0v) is 11.1. The van der Waals surface area contributed by atoms with Crippen molar-refractivity contribution >= 4 is 53.3 Å². The minimum atomic E-state index is 1.00. The van der Waals surface area contributed by atoms with E-state index in [1.807, 2.05) is 12.1 Å². The van der Waals surface area contributed by atoms with Crippen molar-refractivity contribution in [2.45, 2.75) is 0 Å². The van der Waals surface area contributed by atoms with E-state index >= 15 is 0 Å². The molecule has 17 heavy (non-hydrogen) atoms. The van der Waals surface area contributed by atoms with Gasteiger partial charge in [0.25, 0.3) is 0 Å². The van der Waals surface area contributed by atoms with E-state index in [0.29, 0.717) is 0 Å². The van der Waals surface area contributed by atoms with Crippen molar-refractivity contribution in [3.63, 3.8) is 0 Å². The van der Waals surface area contributed by atoms with Crippen molar-refractivity contribution in [1.82, 2.24) is 9.38 Å². The van der Waals surface area contributed by atoms with Crippen LogP contribution in [0.2, 0.25) is 0 Å². The van der Waals surface area contributed by atoms with Gasteiger partial charge >= 0.3 is 0 Å². The third-order valence-electron chi connectivity index (χ3n) is 2.89. The van der Waals surface area contributed by atoms with Gasteiger partial charge in [0.05, 0.1) is 0 Å². The summed E-state index contributed by atoms with van der Waals surface area (Å²) in [4.78, 5) is 5.91. The number of fused-ring (bicyclic) bond motifs is 5. The summed E-state index contributed by atoms with van der Waals surface area (Å²) in [5.74, 6) is 0. The normalized spacial score (nSPS) is 11.8. The first-order valence-electron chi connectivity index (χ1n) is 5.28. The molecule has 0 aliphatic rings. The Morgan fingerprint density at radius 3 is 2.94 bits per heavy atom. The molecule has 0 spiro atoms. The third-order valence-corrected chi connectivity index (χ3v) is 4.52. The van der Waals surface area contributed by atoms with Crippen LogP contribution in [-0.4, -0.2) is 9.38 Å². The van der Waals surface area contributed by atoms with Gasteiger partial charge in [-0.25, -0.2) is 4.98 Å². The Morgan fingerprint density at radius 2 is 2.00 bits per heavy atom. The van der Waals surface area contributed by atoms with Gasteiger partial charge in [0.15, 0.2) is 0 Å². The lowest BCUT2D eigenvalue weighted by Gasteiger charge is -1.93. The predicted molar refractivity (Wildman–Crippen MR) is 75.8 cm³/mol. The molecule has 0 amide bonds. The molecule has 1 aromatic carbocycles. The van der Waals surface area contributed by atoms with Crippen LogP contribution >= 0.6 is 27.3 Å². The number of benzene rings is 1. The van der Waals surface area contributed by atoms with E-state index in [1.165, 1.54) is 14.9 Å². The second-order valence-corrected chi connectivity index (χ2v) is 5.89. The zero-order valence-electron chi connectivity index (χ0n) is 8.72. The van der Waals surface area contributed by atoms with Crippen molar-refractivity contribution in [3.8, 4) is 0 Å². The Balaban J connectivity index is 2.30. The van der Waals surface area contributed by atoms with Crippen LogP contribution in [0.25, 0.3) is 26.1 Å². The van der Waals surface area contributed by atoms with Gasteiger partial charge in [-0.3, -0.25) is 4.40 Å². The summed E-state index contributed by atoms with van der Waals surface area (Å²) in [6.45, 7) is 0. The van der Waals surface area contributed by atoms with Crippen LogP contribution in [0.5, 0.6) is 0 Å². The second-order valence-electron chi connectivity index (χ2n) is 3.94. The molecule has 0 N–H and O–H groups in total. The second kappa shape index (κ2) is 3.31. The largest absolute Gasteiger partial charge is 0.290 e. The topological polar surface area (TPSA) is 17.3 Å². The lowest BCUT2D eigenvalue weighted by molar-refractivity contribution is 1.22. The molecule has 0 aliphatic carbocycles. The number of aromatic nitrogens is 2. The molecule has 0 bridgehead atoms. The van der Waals surface area contributed by atoms with Crippen LogP contribution in [0.3, 0.4) is 0 Å². The molecule has 0 saturated carbocycles. The van der Waals surface area contributed by atoms with Crippen LogP contribution in [0, 0.1) is 0 Å². The zero-order chi connectivity index (χ0) is 11.4. The maximum Gasteiger partial charge on any atom is 0.138 e. The highest BCUT2D eigenvalue weighted by Gasteiger charge is 2.11. The van der Waals surface area contributed by atoms with Gasteiger partial charge in [-0.2, -0.15) is 0 Å². The van der Waals surface area contributed by atoms with Crippen LogP contribution in [-0.2, 0) is 0 Å². The molecule has 2 nitrogen and oxygen atoms in total. The summed E-state index contributed by atoms with van der Waals surface area (Å²) in [7, 11) is 0.